The largest absolute Gasteiger partial charge is 0.368 e. The predicted molar refractivity (Wildman–Crippen MR) is 78.4 cm³/mol. The Hall–Kier alpha value is -1.68. The summed E-state index contributed by atoms with van der Waals surface area (Å²) in [5.41, 5.74) is 0.985. The third-order valence-electron chi connectivity index (χ3n) is 3.82. The van der Waals surface area contributed by atoms with Crippen LogP contribution in [-0.2, 0) is 0 Å². The first-order valence-corrected chi connectivity index (χ1v) is 7.04. The van der Waals surface area contributed by atoms with Gasteiger partial charge in [0.25, 0.3) is 0 Å². The average Bonchev–Trinajstić information content (AvgIpc) is 2.95. The van der Waals surface area contributed by atoms with Crippen molar-refractivity contribution in [3.05, 3.63) is 30.0 Å². The lowest BCUT2D eigenvalue weighted by Gasteiger charge is -2.12. The van der Waals surface area contributed by atoms with Gasteiger partial charge < -0.3 is 10.6 Å². The smallest absolute Gasteiger partial charge is 0.156 e. The summed E-state index contributed by atoms with van der Waals surface area (Å²) in [4.78, 5) is 0. The lowest BCUT2D eigenvalue weighted by Crippen LogP contribution is -2.24. The van der Waals surface area contributed by atoms with Crippen LogP contribution in [0.25, 0.3) is 10.8 Å². The van der Waals surface area contributed by atoms with Crippen LogP contribution >= 0.6 is 0 Å². The number of nitrogens with one attached hydrogen (secondary N) is 2. The Morgan fingerprint density at radius 1 is 1.26 bits per heavy atom. The first-order valence-electron chi connectivity index (χ1n) is 7.04. The van der Waals surface area contributed by atoms with Gasteiger partial charge in [-0.2, -0.15) is 5.10 Å². The van der Waals surface area contributed by atoms with Crippen LogP contribution in [0.5, 0.6) is 0 Å². The first kappa shape index (κ1) is 12.4. The van der Waals surface area contributed by atoms with Crippen molar-refractivity contribution in [2.45, 2.75) is 32.2 Å². The molecule has 0 aliphatic carbocycles. The molecule has 3 rings (SSSR count). The van der Waals surface area contributed by atoms with E-state index in [1.54, 1.807) is 0 Å². The van der Waals surface area contributed by atoms with Gasteiger partial charge in [-0.25, -0.2) is 0 Å². The lowest BCUT2D eigenvalue weighted by molar-refractivity contribution is 0.574. The van der Waals surface area contributed by atoms with Crippen molar-refractivity contribution in [1.82, 2.24) is 15.5 Å². The Bertz CT molecular complexity index is 561. The minimum absolute atomic E-state index is 0.664. The molecule has 0 amide bonds. The maximum atomic E-state index is 4.29. The summed E-state index contributed by atoms with van der Waals surface area (Å²) in [5.74, 6) is 0.902. The average molecular weight is 256 g/mol. The van der Waals surface area contributed by atoms with Gasteiger partial charge in [0.1, 0.15) is 0 Å². The van der Waals surface area contributed by atoms with Gasteiger partial charge in [-0.3, -0.25) is 0 Å². The van der Waals surface area contributed by atoms with Gasteiger partial charge >= 0.3 is 0 Å². The summed E-state index contributed by atoms with van der Waals surface area (Å²) < 4.78 is 0. The minimum atomic E-state index is 0.664. The van der Waals surface area contributed by atoms with Crippen LogP contribution < -0.4 is 10.6 Å². The third-order valence-corrected chi connectivity index (χ3v) is 3.82. The van der Waals surface area contributed by atoms with E-state index in [4.69, 9.17) is 0 Å². The van der Waals surface area contributed by atoms with Crippen molar-refractivity contribution in [3.8, 4) is 0 Å². The molecule has 2 aromatic rings. The van der Waals surface area contributed by atoms with Crippen LogP contribution in [0.3, 0.4) is 0 Å². The molecule has 1 saturated heterocycles. The quantitative estimate of drug-likeness (QED) is 0.882. The molecule has 0 saturated carbocycles. The van der Waals surface area contributed by atoms with Crippen molar-refractivity contribution >= 4 is 16.6 Å². The highest BCUT2D eigenvalue weighted by atomic mass is 15.2. The third kappa shape index (κ3) is 2.68. The van der Waals surface area contributed by atoms with Crippen molar-refractivity contribution < 1.29 is 0 Å². The molecular weight excluding hydrogens is 236 g/mol. The summed E-state index contributed by atoms with van der Waals surface area (Å²) in [7, 11) is 0. The fraction of sp³-hybridized carbons (Fsp3) is 0.467. The van der Waals surface area contributed by atoms with Gasteiger partial charge in [0.05, 0.1) is 5.69 Å². The summed E-state index contributed by atoms with van der Waals surface area (Å²) in [5, 5.41) is 17.8. The Morgan fingerprint density at radius 3 is 2.89 bits per heavy atom. The molecule has 1 aliphatic heterocycles. The second kappa shape index (κ2) is 5.53. The topological polar surface area (TPSA) is 49.8 Å². The zero-order valence-electron chi connectivity index (χ0n) is 11.3. The number of fused-ring (bicyclic) bond motifs is 1. The van der Waals surface area contributed by atoms with Crippen LogP contribution in [0.1, 0.15) is 25.0 Å². The van der Waals surface area contributed by atoms with Crippen molar-refractivity contribution in [3.63, 3.8) is 0 Å². The van der Waals surface area contributed by atoms with Gasteiger partial charge in [-0.15, -0.1) is 5.10 Å². The van der Waals surface area contributed by atoms with Gasteiger partial charge in [-0.05, 0) is 32.7 Å². The zero-order chi connectivity index (χ0) is 13.1. The Morgan fingerprint density at radius 2 is 2.11 bits per heavy atom. The maximum Gasteiger partial charge on any atom is 0.156 e. The molecule has 2 heterocycles. The first-order chi connectivity index (χ1) is 9.34. The number of aromatic nitrogens is 2. The van der Waals surface area contributed by atoms with Gasteiger partial charge in [0.2, 0.25) is 0 Å². The summed E-state index contributed by atoms with van der Waals surface area (Å²) in [6, 6.07) is 8.96. The van der Waals surface area contributed by atoms with E-state index in [1.165, 1.54) is 18.2 Å². The van der Waals surface area contributed by atoms with Crippen LogP contribution in [0.2, 0.25) is 0 Å². The standard InChI is InChI=1S/C15H20N4/c1-11-13-6-2-3-7-14(13)15(19-18-11)17-10-8-12-5-4-9-16-12/h2-3,6-7,12,16H,4-5,8-10H2,1H3,(H,17,19)/t12-/m0/s1. The number of hydrogen-bond donors (Lipinski definition) is 2. The molecule has 0 bridgehead atoms. The molecule has 4 nitrogen and oxygen atoms in total. The fourth-order valence-electron chi connectivity index (χ4n) is 2.74. The summed E-state index contributed by atoms with van der Waals surface area (Å²) >= 11 is 0. The highest BCUT2D eigenvalue weighted by molar-refractivity contribution is 5.92. The van der Waals surface area contributed by atoms with E-state index in [9.17, 15) is 0 Å². The molecular formula is C15H20N4. The van der Waals surface area contributed by atoms with Crippen molar-refractivity contribution in [1.29, 1.82) is 0 Å². The predicted octanol–water partition coefficient (Wildman–Crippen LogP) is 2.49. The number of anilines is 1. The monoisotopic (exact) mass is 256 g/mol. The summed E-state index contributed by atoms with van der Waals surface area (Å²) in [6.45, 7) is 4.11. The van der Waals surface area contributed by atoms with Crippen LogP contribution in [0, 0.1) is 6.92 Å². The van der Waals surface area contributed by atoms with Gasteiger partial charge in [-0.1, -0.05) is 24.3 Å². The molecule has 1 aliphatic rings. The maximum absolute atomic E-state index is 4.29. The number of nitrogens with zero attached hydrogens (tertiary/aromatic N) is 2. The van der Waals surface area contributed by atoms with E-state index in [2.05, 4.69) is 33.0 Å². The Kier molecular flexibility index (Phi) is 3.60. The van der Waals surface area contributed by atoms with Crippen molar-refractivity contribution in [2.75, 3.05) is 18.4 Å². The van der Waals surface area contributed by atoms with Crippen LogP contribution in [-0.4, -0.2) is 29.3 Å². The molecule has 2 N–H and O–H groups in total. The highest BCUT2D eigenvalue weighted by Gasteiger charge is 2.13. The number of aryl methyl sites for hydroxylation is 1. The van der Waals surface area contributed by atoms with E-state index >= 15 is 0 Å². The van der Waals surface area contributed by atoms with Crippen molar-refractivity contribution in [2.24, 2.45) is 0 Å². The molecule has 0 unspecified atom stereocenters. The number of hydrogen-bond acceptors (Lipinski definition) is 4. The molecule has 19 heavy (non-hydrogen) atoms. The van der Waals surface area contributed by atoms with E-state index in [1.807, 2.05) is 19.1 Å². The summed E-state index contributed by atoms with van der Waals surface area (Å²) in [6.07, 6.45) is 3.74. The second-order valence-corrected chi connectivity index (χ2v) is 5.19. The molecule has 0 radical (unpaired) electrons. The van der Waals surface area contributed by atoms with E-state index in [0.29, 0.717) is 6.04 Å². The van der Waals surface area contributed by atoms with E-state index in [-0.39, 0.29) is 0 Å². The number of benzene rings is 1. The molecule has 1 atom stereocenters. The normalized spacial score (nSPS) is 18.9. The molecule has 100 valence electrons. The van der Waals surface area contributed by atoms with Crippen LogP contribution in [0.15, 0.2) is 24.3 Å². The SMILES string of the molecule is Cc1nnc(NCC[C@@H]2CCCN2)c2ccccc12. The molecule has 1 fully saturated rings. The zero-order valence-corrected chi connectivity index (χ0v) is 11.3. The van der Waals surface area contributed by atoms with Gasteiger partial charge in [0, 0.05) is 23.4 Å². The number of rotatable bonds is 4. The van der Waals surface area contributed by atoms with E-state index in [0.717, 1.165) is 36.4 Å². The Balaban J connectivity index is 1.72. The minimum Gasteiger partial charge on any atom is -0.368 e. The molecule has 1 aromatic heterocycles. The van der Waals surface area contributed by atoms with Gasteiger partial charge in [0.15, 0.2) is 5.82 Å². The van der Waals surface area contributed by atoms with E-state index < -0.39 is 0 Å². The molecule has 1 aromatic carbocycles. The lowest BCUT2D eigenvalue weighted by atomic mass is 10.1. The van der Waals surface area contributed by atoms with Crippen LogP contribution in [0.4, 0.5) is 5.82 Å². The highest BCUT2D eigenvalue weighted by Crippen LogP contribution is 2.22. The Labute approximate surface area is 113 Å². The second-order valence-electron chi connectivity index (χ2n) is 5.19. The molecule has 0 spiro atoms. The fourth-order valence-corrected chi connectivity index (χ4v) is 2.74. The molecule has 4 heteroatoms.